The van der Waals surface area contributed by atoms with Crippen LogP contribution in [0.15, 0.2) is 35.5 Å². The number of hydrogen-bond donors (Lipinski definition) is 3. The highest BCUT2D eigenvalue weighted by Crippen LogP contribution is 2.07. The normalized spacial score (nSPS) is 11.5. The summed E-state index contributed by atoms with van der Waals surface area (Å²) in [4.78, 5) is 0. The Hall–Kier alpha value is -1.75. The van der Waals surface area contributed by atoms with Gasteiger partial charge in [0.1, 0.15) is 11.6 Å². The molecule has 0 aromatic heterocycles. The van der Waals surface area contributed by atoms with Crippen LogP contribution in [0.5, 0.6) is 5.75 Å². The molecule has 1 aromatic carbocycles. The number of hydrogen-bond acceptors (Lipinski definition) is 4. The van der Waals surface area contributed by atoms with Crippen LogP contribution >= 0.6 is 0 Å². The first kappa shape index (κ1) is 15.3. The van der Waals surface area contributed by atoms with Crippen molar-refractivity contribution in [2.24, 2.45) is 10.9 Å². The Morgan fingerprint density at radius 3 is 2.63 bits per heavy atom. The van der Waals surface area contributed by atoms with E-state index < -0.39 is 0 Å². The van der Waals surface area contributed by atoms with Gasteiger partial charge >= 0.3 is 0 Å². The lowest BCUT2D eigenvalue weighted by atomic mass is 10.2. The summed E-state index contributed by atoms with van der Waals surface area (Å²) in [6.07, 6.45) is 3.59. The largest absolute Gasteiger partial charge is 0.494 e. The van der Waals surface area contributed by atoms with Gasteiger partial charge in [0.15, 0.2) is 0 Å². The van der Waals surface area contributed by atoms with Crippen molar-refractivity contribution in [2.75, 3.05) is 19.7 Å². The molecule has 0 saturated carbocycles. The average Bonchev–Trinajstić information content (AvgIpc) is 2.46. The minimum absolute atomic E-state index is 0.302. The predicted octanol–water partition coefficient (Wildman–Crippen LogP) is 1.96. The molecule has 106 valence electrons. The van der Waals surface area contributed by atoms with Crippen LogP contribution in [0.4, 0.5) is 0 Å². The van der Waals surface area contributed by atoms with E-state index in [-0.39, 0.29) is 0 Å². The summed E-state index contributed by atoms with van der Waals surface area (Å²) < 4.78 is 5.58. The molecule has 1 rings (SSSR count). The van der Waals surface area contributed by atoms with Crippen LogP contribution in [0.3, 0.4) is 0 Å². The minimum atomic E-state index is 0.302. The molecular weight excluding hydrogens is 242 g/mol. The second-order valence-corrected chi connectivity index (χ2v) is 4.31. The molecule has 0 spiro atoms. The average molecular weight is 265 g/mol. The van der Waals surface area contributed by atoms with Crippen LogP contribution in [0, 0.1) is 0 Å². The summed E-state index contributed by atoms with van der Waals surface area (Å²) in [6, 6.07) is 9.83. The number of nitrogens with one attached hydrogen (secondary N) is 1. The Bertz CT molecular complexity index is 355. The quantitative estimate of drug-likeness (QED) is 0.199. The fraction of sp³-hybridized carbons (Fsp3) is 0.500. The maximum Gasteiger partial charge on any atom is 0.139 e. The Morgan fingerprint density at radius 1 is 1.16 bits per heavy atom. The summed E-state index contributed by atoms with van der Waals surface area (Å²) in [5.74, 6) is 1.22. The van der Waals surface area contributed by atoms with Crippen LogP contribution < -0.4 is 15.8 Å². The fourth-order valence-electron chi connectivity index (χ4n) is 1.64. The lowest BCUT2D eigenvalue weighted by Crippen LogP contribution is -2.19. The first-order valence-corrected chi connectivity index (χ1v) is 6.68. The Kier molecular flexibility index (Phi) is 8.22. The molecule has 0 heterocycles. The van der Waals surface area contributed by atoms with Gasteiger partial charge in [0.2, 0.25) is 0 Å². The van der Waals surface area contributed by atoms with E-state index in [0.717, 1.165) is 44.7 Å². The second kappa shape index (κ2) is 10.2. The van der Waals surface area contributed by atoms with E-state index in [1.165, 1.54) is 0 Å². The molecule has 5 heteroatoms. The van der Waals surface area contributed by atoms with Gasteiger partial charge in [0, 0.05) is 6.42 Å². The van der Waals surface area contributed by atoms with E-state index in [2.05, 4.69) is 10.5 Å². The van der Waals surface area contributed by atoms with Crippen molar-refractivity contribution in [3.05, 3.63) is 30.3 Å². The molecule has 0 atom stereocenters. The SMILES string of the molecule is NC(CCCCNCCCOc1ccccc1)=NO. The molecule has 0 amide bonds. The zero-order valence-electron chi connectivity index (χ0n) is 11.2. The number of para-hydroxylation sites is 1. The molecule has 0 aliphatic carbocycles. The minimum Gasteiger partial charge on any atom is -0.494 e. The molecule has 0 bridgehead atoms. The van der Waals surface area contributed by atoms with Crippen molar-refractivity contribution in [3.63, 3.8) is 0 Å². The zero-order chi connectivity index (χ0) is 13.8. The molecule has 19 heavy (non-hydrogen) atoms. The van der Waals surface area contributed by atoms with Crippen molar-refractivity contribution >= 4 is 5.84 Å². The van der Waals surface area contributed by atoms with Crippen molar-refractivity contribution in [3.8, 4) is 5.75 Å². The molecular formula is C14H23N3O2. The van der Waals surface area contributed by atoms with Crippen LogP contribution in [0.1, 0.15) is 25.7 Å². The molecule has 0 fully saturated rings. The molecule has 1 aromatic rings. The first-order chi connectivity index (χ1) is 9.33. The summed E-state index contributed by atoms with van der Waals surface area (Å²) >= 11 is 0. The number of nitrogens with two attached hydrogens (primary N) is 1. The lowest BCUT2D eigenvalue weighted by molar-refractivity contribution is 0.308. The van der Waals surface area contributed by atoms with Crippen molar-refractivity contribution < 1.29 is 9.94 Å². The van der Waals surface area contributed by atoms with E-state index in [4.69, 9.17) is 15.7 Å². The van der Waals surface area contributed by atoms with Gasteiger partial charge < -0.3 is 21.0 Å². The summed E-state index contributed by atoms with van der Waals surface area (Å²) in [5, 5.41) is 14.6. The number of benzene rings is 1. The van der Waals surface area contributed by atoms with E-state index in [1.807, 2.05) is 30.3 Å². The van der Waals surface area contributed by atoms with Crippen molar-refractivity contribution in [2.45, 2.75) is 25.7 Å². The lowest BCUT2D eigenvalue weighted by Gasteiger charge is -2.07. The number of rotatable bonds is 10. The summed E-state index contributed by atoms with van der Waals surface area (Å²) in [7, 11) is 0. The van der Waals surface area contributed by atoms with Crippen LogP contribution in [-0.2, 0) is 0 Å². The van der Waals surface area contributed by atoms with E-state index >= 15 is 0 Å². The Morgan fingerprint density at radius 2 is 1.89 bits per heavy atom. The van der Waals surface area contributed by atoms with E-state index in [9.17, 15) is 0 Å². The highest BCUT2D eigenvalue weighted by atomic mass is 16.5. The molecule has 4 N–H and O–H groups in total. The summed E-state index contributed by atoms with van der Waals surface area (Å²) in [5.41, 5.74) is 5.37. The Labute approximate surface area is 114 Å². The summed E-state index contributed by atoms with van der Waals surface area (Å²) in [6.45, 7) is 2.61. The van der Waals surface area contributed by atoms with Gasteiger partial charge in [-0.1, -0.05) is 23.4 Å². The van der Waals surface area contributed by atoms with Gasteiger partial charge in [0.25, 0.3) is 0 Å². The maximum atomic E-state index is 8.36. The molecule has 0 saturated heterocycles. The molecule has 5 nitrogen and oxygen atoms in total. The third-order valence-electron chi connectivity index (χ3n) is 2.67. The van der Waals surface area contributed by atoms with Crippen LogP contribution in [0.25, 0.3) is 0 Å². The van der Waals surface area contributed by atoms with Crippen LogP contribution in [0.2, 0.25) is 0 Å². The highest BCUT2D eigenvalue weighted by Gasteiger charge is 1.94. The van der Waals surface area contributed by atoms with Gasteiger partial charge in [-0.15, -0.1) is 0 Å². The standard InChI is InChI=1S/C14H23N3O2/c15-14(17-18)9-4-5-10-16-11-6-12-19-13-7-2-1-3-8-13/h1-3,7-8,16,18H,4-6,9-12H2,(H2,15,17). The third kappa shape index (κ3) is 8.05. The number of amidine groups is 1. The Balaban J connectivity index is 1.86. The number of ether oxygens (including phenoxy) is 1. The second-order valence-electron chi connectivity index (χ2n) is 4.31. The first-order valence-electron chi connectivity index (χ1n) is 6.68. The van der Waals surface area contributed by atoms with Crippen molar-refractivity contribution in [1.29, 1.82) is 0 Å². The predicted molar refractivity (Wildman–Crippen MR) is 76.7 cm³/mol. The fourth-order valence-corrected chi connectivity index (χ4v) is 1.64. The third-order valence-corrected chi connectivity index (χ3v) is 2.67. The molecule has 0 radical (unpaired) electrons. The van der Waals surface area contributed by atoms with Gasteiger partial charge in [-0.3, -0.25) is 0 Å². The van der Waals surface area contributed by atoms with E-state index in [0.29, 0.717) is 12.3 Å². The number of oxime groups is 1. The monoisotopic (exact) mass is 265 g/mol. The molecule has 0 aliphatic heterocycles. The van der Waals surface area contributed by atoms with E-state index in [1.54, 1.807) is 0 Å². The number of unbranched alkanes of at least 4 members (excludes halogenated alkanes) is 1. The topological polar surface area (TPSA) is 79.9 Å². The molecule has 0 unspecified atom stereocenters. The van der Waals surface area contributed by atoms with Crippen molar-refractivity contribution in [1.82, 2.24) is 5.32 Å². The van der Waals surface area contributed by atoms with Crippen LogP contribution in [-0.4, -0.2) is 30.7 Å². The smallest absolute Gasteiger partial charge is 0.139 e. The van der Waals surface area contributed by atoms with Gasteiger partial charge in [0.05, 0.1) is 6.61 Å². The molecule has 0 aliphatic rings. The van der Waals surface area contributed by atoms with Gasteiger partial charge in [-0.25, -0.2) is 0 Å². The van der Waals surface area contributed by atoms with Gasteiger partial charge in [-0.05, 0) is 44.5 Å². The number of nitrogens with zero attached hydrogens (tertiary/aromatic N) is 1. The zero-order valence-corrected chi connectivity index (χ0v) is 11.2. The maximum absolute atomic E-state index is 8.36. The highest BCUT2D eigenvalue weighted by molar-refractivity contribution is 5.79. The van der Waals surface area contributed by atoms with Gasteiger partial charge in [-0.2, -0.15) is 0 Å².